The van der Waals surface area contributed by atoms with Crippen molar-refractivity contribution in [3.05, 3.63) is 69.9 Å². The largest absolute Gasteiger partial charge is 0.428 e. The van der Waals surface area contributed by atoms with E-state index in [-0.39, 0.29) is 34.1 Å². The van der Waals surface area contributed by atoms with Crippen LogP contribution < -0.4 is 5.32 Å². The average Bonchev–Trinajstić information content (AvgIpc) is 3.70. The van der Waals surface area contributed by atoms with Crippen LogP contribution in [0.25, 0.3) is 0 Å². The van der Waals surface area contributed by atoms with Gasteiger partial charge in [-0.15, -0.1) is 10.2 Å². The first-order valence-corrected chi connectivity index (χ1v) is 16.5. The Hall–Kier alpha value is -2.84. The van der Waals surface area contributed by atoms with Crippen LogP contribution in [0.1, 0.15) is 107 Å². The van der Waals surface area contributed by atoms with Gasteiger partial charge in [-0.25, -0.2) is 9.37 Å². The maximum absolute atomic E-state index is 16.1. The number of pyridine rings is 1. The lowest BCUT2D eigenvalue weighted by Gasteiger charge is -2.51. The number of benzene rings is 1. The lowest BCUT2D eigenvalue weighted by Crippen LogP contribution is -2.52. The predicted octanol–water partition coefficient (Wildman–Crippen LogP) is 8.42. The average molecular weight is 640 g/mol. The third-order valence-corrected chi connectivity index (χ3v) is 12.1. The zero-order valence-corrected chi connectivity index (χ0v) is 26.6. The van der Waals surface area contributed by atoms with Gasteiger partial charge in [0, 0.05) is 41.1 Å². The highest BCUT2D eigenvalue weighted by atomic mass is 35.5. The van der Waals surface area contributed by atoms with Gasteiger partial charge in [-0.05, 0) is 104 Å². The van der Waals surface area contributed by atoms with Crippen LogP contribution in [0.15, 0.2) is 41.3 Å². The van der Waals surface area contributed by atoms with E-state index in [1.807, 2.05) is 6.07 Å². The monoisotopic (exact) mass is 638 g/mol. The molecule has 0 bridgehead atoms. The van der Waals surface area contributed by atoms with Crippen molar-refractivity contribution in [3.63, 3.8) is 0 Å². The summed E-state index contributed by atoms with van der Waals surface area (Å²) in [5.41, 5.74) is 0.177. The van der Waals surface area contributed by atoms with Crippen molar-refractivity contribution in [2.75, 3.05) is 5.32 Å². The normalized spacial score (nSPS) is 30.4. The molecule has 44 heavy (non-hydrogen) atoms. The Labute approximate surface area is 266 Å². The SMILES string of the molecule is CC1(C)CCC2(CC1)C[C@@H](C(=O)CC1CCC(c3nnco3)CC1)[C@H](c1ccnc(Cl)c1F)[C@]21C(=O)Nc2cc(Cl)ccc21. The first kappa shape index (κ1) is 29.8. The zero-order valence-electron chi connectivity index (χ0n) is 25.0. The van der Waals surface area contributed by atoms with Crippen LogP contribution in [0, 0.1) is 28.5 Å². The fourth-order valence-electron chi connectivity index (χ4n) is 9.31. The second-order valence-corrected chi connectivity index (χ2v) is 15.1. The number of nitrogens with zero attached hydrogens (tertiary/aromatic N) is 3. The van der Waals surface area contributed by atoms with Gasteiger partial charge in [0.25, 0.3) is 0 Å². The lowest BCUT2D eigenvalue weighted by atomic mass is 9.51. The summed E-state index contributed by atoms with van der Waals surface area (Å²) in [6, 6.07) is 7.10. The number of hydrogen-bond acceptors (Lipinski definition) is 6. The Bertz CT molecular complexity index is 1590. The Kier molecular flexibility index (Phi) is 7.40. The Morgan fingerprint density at radius 1 is 1.09 bits per heavy atom. The standard InChI is InChI=1S/C34H37Cl2FN4O3/c1-32(2)10-12-33(13-11-32)17-23(26(42)15-19-3-5-20(6-4-19)30-41-39-18-44-30)27(22-9-14-38-29(36)28(22)37)34(33)24-8-7-21(35)16-25(24)40-31(34)43/h7-9,14,16,18-20,23,27H,3-6,10-13,15,17H2,1-2H3,(H,40,43)/t19?,20?,23-,27-,34+/m0/s1. The van der Waals surface area contributed by atoms with Crippen molar-refractivity contribution in [2.24, 2.45) is 22.7 Å². The van der Waals surface area contributed by atoms with Crippen LogP contribution in [0.5, 0.6) is 0 Å². The minimum atomic E-state index is -1.15. The number of Topliss-reactive ketones (excluding diaryl/α,β-unsaturated/α-hetero) is 1. The quantitative estimate of drug-likeness (QED) is 0.282. The molecule has 3 atom stereocenters. The van der Waals surface area contributed by atoms with Crippen LogP contribution in [0.3, 0.4) is 0 Å². The van der Waals surface area contributed by atoms with Crippen LogP contribution in [-0.4, -0.2) is 26.9 Å². The number of fused-ring (bicyclic) bond motifs is 3. The smallest absolute Gasteiger partial charge is 0.236 e. The van der Waals surface area contributed by atoms with E-state index in [1.165, 1.54) is 12.6 Å². The molecule has 3 saturated carbocycles. The molecule has 7 rings (SSSR count). The fourth-order valence-corrected chi connectivity index (χ4v) is 9.65. The molecule has 1 amide bonds. The number of nitrogens with one attached hydrogen (secondary N) is 1. The third kappa shape index (κ3) is 4.61. The van der Waals surface area contributed by atoms with Gasteiger partial charge in [-0.1, -0.05) is 43.1 Å². The zero-order chi connectivity index (χ0) is 30.9. The van der Waals surface area contributed by atoms with Gasteiger partial charge < -0.3 is 9.73 Å². The second kappa shape index (κ2) is 10.9. The highest BCUT2D eigenvalue weighted by molar-refractivity contribution is 6.31. The fraction of sp³-hybridized carbons (Fsp3) is 0.559. The molecule has 1 aliphatic heterocycles. The Morgan fingerprint density at radius 3 is 2.55 bits per heavy atom. The maximum Gasteiger partial charge on any atom is 0.236 e. The van der Waals surface area contributed by atoms with Crippen molar-refractivity contribution in [3.8, 4) is 0 Å². The molecule has 0 saturated heterocycles. The summed E-state index contributed by atoms with van der Waals surface area (Å²) < 4.78 is 21.6. The number of amides is 1. The number of halogens is 3. The van der Waals surface area contributed by atoms with Gasteiger partial charge in [0.15, 0.2) is 11.0 Å². The molecular weight excluding hydrogens is 602 g/mol. The lowest BCUT2D eigenvalue weighted by molar-refractivity contribution is -0.127. The van der Waals surface area contributed by atoms with Crippen LogP contribution in [0.2, 0.25) is 10.2 Å². The third-order valence-electron chi connectivity index (χ3n) is 11.6. The summed E-state index contributed by atoms with van der Waals surface area (Å²) in [5, 5.41) is 11.3. The first-order chi connectivity index (χ1) is 21.0. The number of ketones is 1. The van der Waals surface area contributed by atoms with E-state index in [1.54, 1.807) is 18.2 Å². The van der Waals surface area contributed by atoms with Crippen LogP contribution in [-0.2, 0) is 15.0 Å². The van der Waals surface area contributed by atoms with Gasteiger partial charge >= 0.3 is 0 Å². The molecule has 1 N–H and O–H groups in total. The van der Waals surface area contributed by atoms with E-state index < -0.39 is 28.5 Å². The molecule has 4 aliphatic rings. The molecule has 10 heteroatoms. The highest BCUT2D eigenvalue weighted by Gasteiger charge is 2.72. The molecule has 3 aromatic rings. The van der Waals surface area contributed by atoms with E-state index in [0.717, 1.165) is 56.9 Å². The van der Waals surface area contributed by atoms with Crippen LogP contribution >= 0.6 is 23.2 Å². The second-order valence-electron chi connectivity index (χ2n) is 14.4. The van der Waals surface area contributed by atoms with Gasteiger partial charge in [0.2, 0.25) is 18.2 Å². The molecule has 3 aliphatic carbocycles. The molecule has 232 valence electrons. The van der Waals surface area contributed by atoms with Crippen molar-refractivity contribution in [2.45, 2.75) is 95.3 Å². The van der Waals surface area contributed by atoms with Gasteiger partial charge in [0.1, 0.15) is 5.78 Å². The molecule has 3 heterocycles. The van der Waals surface area contributed by atoms with Gasteiger partial charge in [0.05, 0.1) is 5.41 Å². The summed E-state index contributed by atoms with van der Waals surface area (Å²) in [4.78, 5) is 33.2. The Balaban J connectivity index is 1.31. The van der Waals surface area contributed by atoms with E-state index >= 15 is 4.39 Å². The summed E-state index contributed by atoms with van der Waals surface area (Å²) in [7, 11) is 0. The van der Waals surface area contributed by atoms with E-state index in [2.05, 4.69) is 34.3 Å². The van der Waals surface area contributed by atoms with E-state index in [0.29, 0.717) is 35.0 Å². The van der Waals surface area contributed by atoms with Crippen molar-refractivity contribution in [1.29, 1.82) is 0 Å². The summed E-state index contributed by atoms with van der Waals surface area (Å²) in [6.07, 6.45) is 10.6. The van der Waals surface area contributed by atoms with Crippen molar-refractivity contribution in [1.82, 2.24) is 15.2 Å². The summed E-state index contributed by atoms with van der Waals surface area (Å²) in [6.45, 7) is 4.52. The molecule has 0 radical (unpaired) electrons. The van der Waals surface area contributed by atoms with E-state index in [9.17, 15) is 9.59 Å². The van der Waals surface area contributed by atoms with Gasteiger partial charge in [-0.2, -0.15) is 0 Å². The number of aromatic nitrogens is 3. The predicted molar refractivity (Wildman–Crippen MR) is 165 cm³/mol. The van der Waals surface area contributed by atoms with Gasteiger partial charge in [-0.3, -0.25) is 9.59 Å². The minimum absolute atomic E-state index is 0.0971. The Morgan fingerprint density at radius 2 is 1.84 bits per heavy atom. The minimum Gasteiger partial charge on any atom is -0.428 e. The molecule has 3 fully saturated rings. The van der Waals surface area contributed by atoms with Crippen molar-refractivity contribution < 1.29 is 18.4 Å². The molecule has 1 aromatic carbocycles. The number of rotatable bonds is 5. The molecule has 2 aromatic heterocycles. The number of hydrogen-bond donors (Lipinski definition) is 1. The molecule has 7 nitrogen and oxygen atoms in total. The summed E-state index contributed by atoms with van der Waals surface area (Å²) in [5.74, 6) is -0.944. The topological polar surface area (TPSA) is 98.0 Å². The molecular formula is C34H37Cl2FN4O3. The van der Waals surface area contributed by atoms with Crippen molar-refractivity contribution >= 4 is 40.6 Å². The number of anilines is 1. The van der Waals surface area contributed by atoms with E-state index in [4.69, 9.17) is 27.6 Å². The first-order valence-electron chi connectivity index (χ1n) is 15.7. The maximum atomic E-state index is 16.1. The number of carbonyl (C=O) groups excluding carboxylic acids is 2. The molecule has 0 unspecified atom stereocenters. The highest BCUT2D eigenvalue weighted by Crippen LogP contribution is 2.72. The summed E-state index contributed by atoms with van der Waals surface area (Å²) >= 11 is 12.7. The number of carbonyl (C=O) groups is 2. The van der Waals surface area contributed by atoms with Crippen LogP contribution in [0.4, 0.5) is 10.1 Å². The molecule has 2 spiro atoms.